The smallest absolute Gasteiger partial charge is 0.258 e. The first kappa shape index (κ1) is 30.8. The van der Waals surface area contributed by atoms with E-state index in [9.17, 15) is 26.8 Å². The molecule has 1 fully saturated rings. The van der Waals surface area contributed by atoms with Crippen LogP contribution in [0.5, 0.6) is 0 Å². The number of likely N-dealkylation sites (N-methyl/N-ethyl adjacent to an activating group) is 1. The fourth-order valence-corrected chi connectivity index (χ4v) is 8.05. The van der Waals surface area contributed by atoms with Crippen LogP contribution in [0, 0.1) is 11.6 Å². The monoisotopic (exact) mass is 655 g/mol. The maximum absolute atomic E-state index is 13.9. The number of nitrogens with one attached hydrogen (secondary N) is 3. The Morgan fingerprint density at radius 1 is 0.978 bits per heavy atom. The van der Waals surface area contributed by atoms with Gasteiger partial charge in [-0.05, 0) is 62.7 Å². The highest BCUT2D eigenvalue weighted by molar-refractivity contribution is 7.89. The van der Waals surface area contributed by atoms with Gasteiger partial charge >= 0.3 is 0 Å². The minimum Gasteiger partial charge on any atom is -0.369 e. The second kappa shape index (κ2) is 11.6. The van der Waals surface area contributed by atoms with Crippen LogP contribution in [0.25, 0.3) is 0 Å². The number of nitrogens with zero attached hydrogens (tertiary/aromatic N) is 4. The number of rotatable bonds is 7. The molecule has 0 aliphatic carbocycles. The fraction of sp³-hybridized carbons (Fsp3) is 0.300. The first-order valence-electron chi connectivity index (χ1n) is 14.1. The van der Waals surface area contributed by atoms with Crippen LogP contribution in [0.2, 0.25) is 0 Å². The first-order valence-corrected chi connectivity index (χ1v) is 16.5. The molecule has 4 aromatic rings. The molecular weight excluding hydrogens is 625 g/mol. The van der Waals surface area contributed by atoms with Gasteiger partial charge in [-0.3, -0.25) is 14.7 Å². The first-order chi connectivity index (χ1) is 21.3. The van der Waals surface area contributed by atoms with Gasteiger partial charge < -0.3 is 20.4 Å². The molecule has 236 valence electrons. The zero-order valence-electron chi connectivity index (χ0n) is 24.7. The van der Waals surface area contributed by atoms with Crippen molar-refractivity contribution in [3.63, 3.8) is 0 Å². The largest absolute Gasteiger partial charge is 0.369 e. The van der Waals surface area contributed by atoms with E-state index in [0.717, 1.165) is 48.3 Å². The summed E-state index contributed by atoms with van der Waals surface area (Å²) in [4.78, 5) is 30.6. The number of thiophene rings is 1. The van der Waals surface area contributed by atoms with Crippen LogP contribution >= 0.6 is 11.3 Å². The zero-order valence-corrected chi connectivity index (χ0v) is 26.4. The van der Waals surface area contributed by atoms with Gasteiger partial charge in [0.25, 0.3) is 11.8 Å². The lowest BCUT2D eigenvalue weighted by molar-refractivity contribution is 0.102. The van der Waals surface area contributed by atoms with Crippen molar-refractivity contribution in [3.05, 3.63) is 87.2 Å². The molecule has 4 heterocycles. The van der Waals surface area contributed by atoms with E-state index in [1.807, 2.05) is 6.07 Å². The van der Waals surface area contributed by atoms with Gasteiger partial charge in [-0.15, -0.1) is 0 Å². The van der Waals surface area contributed by atoms with E-state index in [4.69, 9.17) is 0 Å². The van der Waals surface area contributed by atoms with Gasteiger partial charge in [0.05, 0.1) is 32.9 Å². The molecule has 1 saturated heterocycles. The molecule has 0 radical (unpaired) electrons. The molecule has 0 saturated carbocycles. The predicted molar refractivity (Wildman–Crippen MR) is 167 cm³/mol. The van der Waals surface area contributed by atoms with E-state index >= 15 is 0 Å². The minimum absolute atomic E-state index is 0.101. The third-order valence-corrected chi connectivity index (χ3v) is 10.9. The van der Waals surface area contributed by atoms with E-state index in [1.54, 1.807) is 42.8 Å². The quantitative estimate of drug-likeness (QED) is 0.268. The Labute approximate surface area is 262 Å². The van der Waals surface area contributed by atoms with Crippen LogP contribution in [0.15, 0.2) is 58.1 Å². The van der Waals surface area contributed by atoms with Crippen molar-refractivity contribution in [2.75, 3.05) is 48.8 Å². The van der Waals surface area contributed by atoms with Gasteiger partial charge in [0, 0.05) is 55.4 Å². The van der Waals surface area contributed by atoms with Crippen LogP contribution < -0.4 is 15.5 Å². The van der Waals surface area contributed by atoms with Crippen molar-refractivity contribution < 1.29 is 26.8 Å². The van der Waals surface area contributed by atoms with Crippen LogP contribution in [-0.2, 0) is 22.1 Å². The summed E-state index contributed by atoms with van der Waals surface area (Å²) in [5.41, 5.74) is 1.47. The molecule has 6 rings (SSSR count). The molecule has 2 aliphatic heterocycles. The summed E-state index contributed by atoms with van der Waals surface area (Å²) < 4.78 is 56.0. The van der Waals surface area contributed by atoms with Crippen molar-refractivity contribution in [2.45, 2.75) is 30.8 Å². The highest BCUT2D eigenvalue weighted by Crippen LogP contribution is 2.44. The number of carbonyl (C=O) groups is 2. The second-order valence-electron chi connectivity index (χ2n) is 11.5. The zero-order chi connectivity index (χ0) is 32.1. The Morgan fingerprint density at radius 2 is 1.69 bits per heavy atom. The number of anilines is 3. The molecule has 2 aromatic heterocycles. The summed E-state index contributed by atoms with van der Waals surface area (Å²) in [5, 5.41) is 16.2. The molecule has 15 heteroatoms. The van der Waals surface area contributed by atoms with E-state index in [0.29, 0.717) is 28.6 Å². The Kier molecular flexibility index (Phi) is 7.97. The number of aromatic nitrogens is 2. The van der Waals surface area contributed by atoms with E-state index in [1.165, 1.54) is 11.3 Å². The van der Waals surface area contributed by atoms with Crippen LogP contribution in [0.4, 0.5) is 26.0 Å². The van der Waals surface area contributed by atoms with Crippen molar-refractivity contribution in [2.24, 2.45) is 0 Å². The number of H-pyrrole nitrogens is 1. The summed E-state index contributed by atoms with van der Waals surface area (Å²) in [6, 6.07) is 9.05. The number of fused-ring (bicyclic) bond motifs is 1. The summed E-state index contributed by atoms with van der Waals surface area (Å²) in [5.74, 6) is -2.86. The van der Waals surface area contributed by atoms with Gasteiger partial charge in [-0.1, -0.05) is 0 Å². The van der Waals surface area contributed by atoms with Gasteiger partial charge in [-0.2, -0.15) is 20.7 Å². The van der Waals surface area contributed by atoms with E-state index in [-0.39, 0.29) is 23.8 Å². The summed E-state index contributed by atoms with van der Waals surface area (Å²) in [7, 11) is -2.29. The summed E-state index contributed by atoms with van der Waals surface area (Å²) in [6.07, 6.45) is 0. The van der Waals surface area contributed by atoms with Crippen molar-refractivity contribution in [3.8, 4) is 0 Å². The molecule has 45 heavy (non-hydrogen) atoms. The summed E-state index contributed by atoms with van der Waals surface area (Å²) >= 11 is 1.38. The minimum atomic E-state index is -4.35. The molecule has 2 amide bonds. The number of halogens is 2. The Bertz CT molecular complexity index is 1870. The third-order valence-electron chi connectivity index (χ3n) is 8.21. The van der Waals surface area contributed by atoms with Gasteiger partial charge in [0.2, 0.25) is 10.0 Å². The molecule has 0 spiro atoms. The lowest BCUT2D eigenvalue weighted by atomic mass is 10.0. The van der Waals surface area contributed by atoms with Crippen LogP contribution in [0.1, 0.15) is 45.8 Å². The third kappa shape index (κ3) is 5.83. The molecular formula is C30H31F2N7O4S2. The number of benzene rings is 2. The predicted octanol–water partition coefficient (Wildman–Crippen LogP) is 4.45. The number of hydrogen-bond acceptors (Lipinski definition) is 8. The normalized spacial score (nSPS) is 16.9. The topological polar surface area (TPSA) is 131 Å². The van der Waals surface area contributed by atoms with E-state index < -0.39 is 38.0 Å². The average molecular weight is 656 g/mol. The Hall–Kier alpha value is -4.18. The van der Waals surface area contributed by atoms with Crippen LogP contribution in [-0.4, -0.2) is 72.9 Å². The Morgan fingerprint density at radius 3 is 2.36 bits per heavy atom. The molecule has 0 bridgehead atoms. The Balaban J connectivity index is 1.29. The number of sulfonamides is 1. The molecule has 3 N–H and O–H groups in total. The lowest BCUT2D eigenvalue weighted by Gasteiger charge is -2.34. The number of piperazine rings is 1. The van der Waals surface area contributed by atoms with Crippen LogP contribution in [0.3, 0.4) is 0 Å². The van der Waals surface area contributed by atoms with Crippen molar-refractivity contribution in [1.29, 1.82) is 0 Å². The number of amides is 2. The highest BCUT2D eigenvalue weighted by atomic mass is 32.2. The molecule has 2 aliphatic rings. The standard InChI is InChI=1S/C30H31F2N7O4S2/c1-30(2)26-24(16-39(30)45(42,43)22-13-19(31)12-20(32)14-22)27(36-35-26)34-29(41)23-5-4-21(38-9-7-37(3)8-10-38)15-25(23)33-28(40)18-6-11-44-17-18/h4-6,11-15,17H,7-10,16H2,1-3H3,(H,33,40)(H2,34,35,36,41). The fourth-order valence-electron chi connectivity index (χ4n) is 5.64. The average Bonchev–Trinajstić information content (AvgIpc) is 3.72. The van der Waals surface area contributed by atoms with Crippen molar-refractivity contribution >= 4 is 50.4 Å². The number of hydrogen-bond donors (Lipinski definition) is 3. The van der Waals surface area contributed by atoms with E-state index in [2.05, 4.69) is 37.7 Å². The van der Waals surface area contributed by atoms with Gasteiger partial charge in [-0.25, -0.2) is 17.2 Å². The number of aromatic amines is 1. The molecule has 11 nitrogen and oxygen atoms in total. The second-order valence-corrected chi connectivity index (χ2v) is 14.2. The maximum Gasteiger partial charge on any atom is 0.258 e. The van der Waals surface area contributed by atoms with Gasteiger partial charge in [0.1, 0.15) is 11.6 Å². The SMILES string of the molecule is CN1CCN(c2ccc(C(=O)Nc3n[nH]c4c3CN(S(=O)(=O)c3cc(F)cc(F)c3)C4(C)C)c(NC(=O)c3ccsc3)c2)CC1. The molecule has 0 unspecified atom stereocenters. The lowest BCUT2D eigenvalue weighted by Crippen LogP contribution is -2.44. The van der Waals surface area contributed by atoms with Crippen molar-refractivity contribution in [1.82, 2.24) is 19.4 Å². The van der Waals surface area contributed by atoms with Gasteiger partial charge in [0.15, 0.2) is 5.82 Å². The summed E-state index contributed by atoms with van der Waals surface area (Å²) in [6.45, 7) is 6.38. The number of carbonyl (C=O) groups excluding carboxylic acids is 2. The highest BCUT2D eigenvalue weighted by Gasteiger charge is 2.48. The molecule has 0 atom stereocenters. The maximum atomic E-state index is 13.9. The molecule has 2 aromatic carbocycles.